The fourth-order valence-corrected chi connectivity index (χ4v) is 6.62. The number of para-hydroxylation sites is 2. The van der Waals surface area contributed by atoms with Crippen LogP contribution >= 0.6 is 0 Å². The van der Waals surface area contributed by atoms with Crippen molar-refractivity contribution in [2.24, 2.45) is 0 Å². The van der Waals surface area contributed by atoms with Crippen molar-refractivity contribution in [3.63, 3.8) is 0 Å². The third kappa shape index (κ3) is 4.04. The Morgan fingerprint density at radius 1 is 0.522 bits per heavy atom. The Labute approximate surface area is 278 Å². The van der Waals surface area contributed by atoms with Crippen LogP contribution in [0.3, 0.4) is 0 Å². The van der Waals surface area contributed by atoms with Crippen molar-refractivity contribution in [2.75, 3.05) is 0 Å². The second-order valence-corrected chi connectivity index (χ2v) is 11.9. The molecule has 0 fully saturated rings. The summed E-state index contributed by atoms with van der Waals surface area (Å²) in [6, 6.07) is 28.4. The van der Waals surface area contributed by atoms with Gasteiger partial charge in [-0.25, -0.2) is 15.0 Å². The third-order valence-electron chi connectivity index (χ3n) is 8.91. The Balaban J connectivity index is 1.23. The maximum atomic E-state index is 8.93. The van der Waals surface area contributed by atoms with Gasteiger partial charge >= 0.3 is 0 Å². The van der Waals surface area contributed by atoms with Crippen molar-refractivity contribution in [1.82, 2.24) is 19.5 Å². The minimum Gasteiger partial charge on any atom is -0.309 e. The smallest absolute Gasteiger partial charge is 0.164 e. The predicted octanol–water partition coefficient (Wildman–Crippen LogP) is 10.3. The molecule has 46 heavy (non-hydrogen) atoms. The largest absolute Gasteiger partial charge is 0.309 e. The standard InChI is InChI=1S/C42H30N4/c1-42(2)35-25-29(41-44-39(27-13-5-3-6-14-27)43-40(45-41)28-15-7-4-8-16-28)21-23-31(35)32-24-22-30(26-36(32)42)46-37-19-11-9-17-33(37)34-18-10-12-20-38(34)46/h3-26H,1-2H3/i9D,10D,11D,12D,17D,18D,19D,20D. The molecular formula is C42H30N4. The maximum Gasteiger partial charge on any atom is 0.164 e. The Morgan fingerprint density at radius 3 is 1.57 bits per heavy atom. The molecule has 0 unspecified atom stereocenters. The van der Waals surface area contributed by atoms with Crippen LogP contribution in [-0.2, 0) is 5.41 Å². The summed E-state index contributed by atoms with van der Waals surface area (Å²) in [5.74, 6) is 1.66. The summed E-state index contributed by atoms with van der Waals surface area (Å²) < 4.78 is 70.8. The van der Waals surface area contributed by atoms with Gasteiger partial charge in [0.05, 0.1) is 22.0 Å². The van der Waals surface area contributed by atoms with E-state index in [1.807, 2.05) is 84.9 Å². The molecule has 0 radical (unpaired) electrons. The molecule has 2 aromatic heterocycles. The maximum absolute atomic E-state index is 8.93. The van der Waals surface area contributed by atoms with Gasteiger partial charge < -0.3 is 4.57 Å². The van der Waals surface area contributed by atoms with Crippen LogP contribution in [-0.4, -0.2) is 19.5 Å². The van der Waals surface area contributed by atoms with E-state index >= 15 is 0 Å². The van der Waals surface area contributed by atoms with E-state index in [1.54, 1.807) is 4.57 Å². The first kappa shape index (κ1) is 19.5. The summed E-state index contributed by atoms with van der Waals surface area (Å²) in [5.41, 5.74) is 6.73. The second-order valence-electron chi connectivity index (χ2n) is 11.9. The van der Waals surface area contributed by atoms with Gasteiger partial charge in [0.25, 0.3) is 0 Å². The summed E-state index contributed by atoms with van der Waals surface area (Å²) in [6.07, 6.45) is 0. The van der Waals surface area contributed by atoms with Crippen molar-refractivity contribution >= 4 is 21.8 Å². The molecule has 6 aromatic carbocycles. The fourth-order valence-electron chi connectivity index (χ4n) is 6.62. The van der Waals surface area contributed by atoms with E-state index in [-0.39, 0.29) is 46.0 Å². The van der Waals surface area contributed by atoms with Crippen LogP contribution in [0.15, 0.2) is 145 Å². The van der Waals surface area contributed by atoms with Gasteiger partial charge in [0.1, 0.15) is 0 Å². The second kappa shape index (κ2) is 10.1. The van der Waals surface area contributed by atoms with Crippen molar-refractivity contribution < 1.29 is 11.0 Å². The normalized spacial score (nSPS) is 15.6. The number of benzene rings is 6. The van der Waals surface area contributed by atoms with E-state index in [0.717, 1.165) is 38.9 Å². The molecule has 1 aliphatic carbocycles. The molecular weight excluding hydrogens is 560 g/mol. The van der Waals surface area contributed by atoms with E-state index in [4.69, 9.17) is 25.9 Å². The highest BCUT2D eigenvalue weighted by Gasteiger charge is 2.36. The molecule has 0 bridgehead atoms. The van der Waals surface area contributed by atoms with Crippen LogP contribution in [0.2, 0.25) is 0 Å². The minimum atomic E-state index is -0.550. The molecule has 0 amide bonds. The van der Waals surface area contributed by atoms with E-state index in [1.165, 1.54) is 0 Å². The quantitative estimate of drug-likeness (QED) is 0.202. The Morgan fingerprint density at radius 2 is 1.00 bits per heavy atom. The van der Waals surface area contributed by atoms with E-state index < -0.39 is 29.6 Å². The highest BCUT2D eigenvalue weighted by atomic mass is 15.0. The van der Waals surface area contributed by atoms with Crippen molar-refractivity contribution in [1.29, 1.82) is 0 Å². The lowest BCUT2D eigenvalue weighted by molar-refractivity contribution is 0.660. The van der Waals surface area contributed by atoms with Gasteiger partial charge in [-0.2, -0.15) is 0 Å². The predicted molar refractivity (Wildman–Crippen MR) is 188 cm³/mol. The summed E-state index contributed by atoms with van der Waals surface area (Å²) in [5, 5.41) is 0.107. The average molecular weight is 599 g/mol. The zero-order chi connectivity index (χ0) is 37.8. The lowest BCUT2D eigenvalue weighted by Gasteiger charge is -2.23. The van der Waals surface area contributed by atoms with Crippen molar-refractivity contribution in [3.8, 4) is 51.0 Å². The Kier molecular flexibility index (Phi) is 4.27. The third-order valence-corrected chi connectivity index (χ3v) is 8.91. The number of rotatable bonds is 4. The summed E-state index contributed by atoms with van der Waals surface area (Å²) in [4.78, 5) is 14.7. The zero-order valence-electron chi connectivity index (χ0n) is 33.0. The van der Waals surface area contributed by atoms with Crippen LogP contribution in [0.25, 0.3) is 72.8 Å². The van der Waals surface area contributed by atoms with Gasteiger partial charge in [-0.1, -0.05) is 129 Å². The summed E-state index contributed by atoms with van der Waals surface area (Å²) in [6.45, 7) is 4.24. The topological polar surface area (TPSA) is 43.6 Å². The van der Waals surface area contributed by atoms with Gasteiger partial charge in [0.15, 0.2) is 17.5 Å². The number of hydrogen-bond donors (Lipinski definition) is 0. The lowest BCUT2D eigenvalue weighted by atomic mass is 9.82. The molecule has 4 heteroatoms. The van der Waals surface area contributed by atoms with E-state index in [0.29, 0.717) is 23.2 Å². The highest BCUT2D eigenvalue weighted by molar-refractivity contribution is 6.09. The van der Waals surface area contributed by atoms with Gasteiger partial charge in [0, 0.05) is 38.6 Å². The molecule has 4 nitrogen and oxygen atoms in total. The van der Waals surface area contributed by atoms with Crippen molar-refractivity contribution in [3.05, 3.63) is 157 Å². The lowest BCUT2D eigenvalue weighted by Crippen LogP contribution is -2.15. The molecule has 0 spiro atoms. The number of nitrogens with zero attached hydrogens (tertiary/aromatic N) is 4. The van der Waals surface area contributed by atoms with Gasteiger partial charge in [-0.15, -0.1) is 0 Å². The van der Waals surface area contributed by atoms with Gasteiger partial charge in [-0.05, 0) is 52.5 Å². The Hall–Kier alpha value is -5.87. The molecule has 0 N–H and O–H groups in total. The van der Waals surface area contributed by atoms with Crippen LogP contribution in [0, 0.1) is 0 Å². The molecule has 0 atom stereocenters. The van der Waals surface area contributed by atoms with Crippen LogP contribution in [0.1, 0.15) is 35.9 Å². The molecule has 0 aliphatic heterocycles. The molecule has 9 rings (SSSR count). The summed E-state index contributed by atoms with van der Waals surface area (Å²) in [7, 11) is 0. The molecule has 0 saturated heterocycles. The minimum absolute atomic E-state index is 0.0535. The van der Waals surface area contributed by atoms with Crippen LogP contribution in [0.4, 0.5) is 0 Å². The first-order valence-corrected chi connectivity index (χ1v) is 15.1. The van der Waals surface area contributed by atoms with Crippen molar-refractivity contribution in [2.45, 2.75) is 19.3 Å². The number of hydrogen-bond acceptors (Lipinski definition) is 3. The SMILES string of the molecule is [2H]c1c([2H])c([2H])c2c(c1[2H])c1c([2H])c([2H])c([2H])c([2H])c1n2-c1ccc2c(c1)C(C)(C)c1cc(-c3nc(-c4ccccc4)nc(-c4ccccc4)n3)ccc1-2. The molecule has 8 aromatic rings. The molecule has 218 valence electrons. The molecule has 2 heterocycles. The van der Waals surface area contributed by atoms with E-state index in [2.05, 4.69) is 26.0 Å². The Bertz CT molecular complexity index is 2750. The van der Waals surface area contributed by atoms with Gasteiger partial charge in [0.2, 0.25) is 0 Å². The fraction of sp³-hybridized carbons (Fsp3) is 0.0714. The molecule has 1 aliphatic rings. The first-order chi connectivity index (χ1) is 25.9. The van der Waals surface area contributed by atoms with Gasteiger partial charge in [-0.3, -0.25) is 0 Å². The zero-order valence-corrected chi connectivity index (χ0v) is 25.0. The average Bonchev–Trinajstić information content (AvgIpc) is 3.67. The number of fused-ring (bicyclic) bond motifs is 6. The monoisotopic (exact) mass is 598 g/mol. The summed E-state index contributed by atoms with van der Waals surface area (Å²) >= 11 is 0. The van der Waals surface area contributed by atoms with Crippen LogP contribution in [0.5, 0.6) is 0 Å². The van der Waals surface area contributed by atoms with E-state index in [9.17, 15) is 0 Å². The highest BCUT2D eigenvalue weighted by Crippen LogP contribution is 2.50. The molecule has 0 saturated carbocycles. The first-order valence-electron chi connectivity index (χ1n) is 19.1. The van der Waals surface area contributed by atoms with Crippen LogP contribution < -0.4 is 0 Å². The number of aromatic nitrogens is 4.